The van der Waals surface area contributed by atoms with Crippen molar-refractivity contribution in [3.05, 3.63) is 44.2 Å². The van der Waals surface area contributed by atoms with Crippen molar-refractivity contribution in [2.24, 2.45) is 0 Å². The third-order valence-electron chi connectivity index (χ3n) is 4.99. The Morgan fingerprint density at radius 3 is 2.33 bits per heavy atom. The largest absolute Gasteiger partial charge is 0.417 e. The number of halogens is 4. The Kier molecular flexibility index (Phi) is 6.71. The fourth-order valence-electron chi connectivity index (χ4n) is 3.41. The summed E-state index contributed by atoms with van der Waals surface area (Å²) in [6.07, 6.45) is -3.45. The molecule has 0 spiro atoms. The smallest absolute Gasteiger partial charge is 0.352 e. The quantitative estimate of drug-likeness (QED) is 0.606. The van der Waals surface area contributed by atoms with Crippen LogP contribution >= 0.6 is 22.9 Å². The fourth-order valence-corrected chi connectivity index (χ4v) is 4.64. The predicted molar refractivity (Wildman–Crippen MR) is 110 cm³/mol. The molecule has 2 aromatic heterocycles. The first-order chi connectivity index (χ1) is 14.1. The van der Waals surface area contributed by atoms with Gasteiger partial charge in [0.15, 0.2) is 5.78 Å². The van der Waals surface area contributed by atoms with Crippen LogP contribution in [-0.4, -0.2) is 47.8 Å². The number of aryl methyl sites for hydroxylation is 2. The Morgan fingerprint density at radius 2 is 1.80 bits per heavy atom. The number of amides is 1. The number of anilines is 1. The third kappa shape index (κ3) is 5.13. The molecule has 1 amide bonds. The van der Waals surface area contributed by atoms with Gasteiger partial charge in [0.05, 0.1) is 10.6 Å². The monoisotopic (exact) mass is 459 g/mol. The SMILES string of the molecule is Cc1cc(C(=O)CCC(=O)N2CCN(c3ncc(C(F)(F)F)cc3Cl)CC2)c(C)s1. The Bertz CT molecular complexity index is 953. The second kappa shape index (κ2) is 8.93. The number of ketones is 1. The first-order valence-electron chi connectivity index (χ1n) is 9.42. The van der Waals surface area contributed by atoms with E-state index in [0.717, 1.165) is 22.0 Å². The second-order valence-corrected chi connectivity index (χ2v) is 9.01. The minimum absolute atomic E-state index is 0.0374. The summed E-state index contributed by atoms with van der Waals surface area (Å²) in [5.74, 6) is 0.124. The summed E-state index contributed by atoms with van der Waals surface area (Å²) >= 11 is 7.56. The molecule has 0 saturated carbocycles. The number of alkyl halides is 3. The van der Waals surface area contributed by atoms with E-state index >= 15 is 0 Å². The minimum Gasteiger partial charge on any atom is -0.352 e. The van der Waals surface area contributed by atoms with Gasteiger partial charge in [0.1, 0.15) is 5.82 Å². The Balaban J connectivity index is 1.53. The highest BCUT2D eigenvalue weighted by molar-refractivity contribution is 7.12. The number of aromatic nitrogens is 1. The summed E-state index contributed by atoms with van der Waals surface area (Å²) in [6, 6.07) is 2.72. The average molecular weight is 460 g/mol. The van der Waals surface area contributed by atoms with E-state index in [2.05, 4.69) is 4.98 Å². The molecular weight excluding hydrogens is 439 g/mol. The third-order valence-corrected chi connectivity index (χ3v) is 6.23. The molecule has 0 aromatic carbocycles. The number of hydrogen-bond donors (Lipinski definition) is 0. The maximum Gasteiger partial charge on any atom is 0.417 e. The van der Waals surface area contributed by atoms with Crippen molar-refractivity contribution < 1.29 is 22.8 Å². The Labute approximate surface area is 181 Å². The highest BCUT2D eigenvalue weighted by Gasteiger charge is 2.32. The first-order valence-corrected chi connectivity index (χ1v) is 10.6. The molecule has 1 fully saturated rings. The van der Waals surface area contributed by atoms with Crippen molar-refractivity contribution in [1.82, 2.24) is 9.88 Å². The van der Waals surface area contributed by atoms with Gasteiger partial charge in [-0.15, -0.1) is 11.3 Å². The van der Waals surface area contributed by atoms with Crippen LogP contribution in [0.3, 0.4) is 0 Å². The van der Waals surface area contributed by atoms with E-state index in [1.165, 1.54) is 0 Å². The fraction of sp³-hybridized carbons (Fsp3) is 0.450. The number of piperazine rings is 1. The molecule has 0 atom stereocenters. The molecule has 1 saturated heterocycles. The van der Waals surface area contributed by atoms with Crippen LogP contribution in [-0.2, 0) is 11.0 Å². The van der Waals surface area contributed by atoms with Gasteiger partial charge >= 0.3 is 6.18 Å². The van der Waals surface area contributed by atoms with Gasteiger partial charge in [-0.2, -0.15) is 13.2 Å². The van der Waals surface area contributed by atoms with E-state index in [0.29, 0.717) is 31.7 Å². The molecule has 1 aliphatic heterocycles. The summed E-state index contributed by atoms with van der Waals surface area (Å²) in [4.78, 5) is 34.2. The molecule has 5 nitrogen and oxygen atoms in total. The Hall–Kier alpha value is -2.13. The van der Waals surface area contributed by atoms with Crippen LogP contribution in [0.25, 0.3) is 0 Å². The molecule has 162 valence electrons. The van der Waals surface area contributed by atoms with Crippen LogP contribution in [0.5, 0.6) is 0 Å². The van der Waals surface area contributed by atoms with Crippen LogP contribution in [0.15, 0.2) is 18.3 Å². The van der Waals surface area contributed by atoms with Gasteiger partial charge in [-0.1, -0.05) is 11.6 Å². The zero-order valence-electron chi connectivity index (χ0n) is 16.6. The first kappa shape index (κ1) is 22.6. The molecule has 0 radical (unpaired) electrons. The van der Waals surface area contributed by atoms with E-state index in [4.69, 9.17) is 11.6 Å². The van der Waals surface area contributed by atoms with Gasteiger partial charge in [0.25, 0.3) is 0 Å². The van der Waals surface area contributed by atoms with E-state index in [-0.39, 0.29) is 35.4 Å². The number of thiophene rings is 1. The molecule has 1 aliphatic rings. The zero-order chi connectivity index (χ0) is 22.1. The highest BCUT2D eigenvalue weighted by Crippen LogP contribution is 2.33. The average Bonchev–Trinajstić information content (AvgIpc) is 3.03. The zero-order valence-corrected chi connectivity index (χ0v) is 18.1. The van der Waals surface area contributed by atoms with Gasteiger partial charge in [-0.3, -0.25) is 9.59 Å². The van der Waals surface area contributed by atoms with Crippen LogP contribution in [0.2, 0.25) is 5.02 Å². The van der Waals surface area contributed by atoms with Crippen molar-refractivity contribution in [1.29, 1.82) is 0 Å². The standard InChI is InChI=1S/C20H21ClF3N3O2S/c1-12-9-15(13(2)30-12)17(28)3-4-18(29)26-5-7-27(8-6-26)19-16(21)10-14(11-25-19)20(22,23)24/h9-11H,3-8H2,1-2H3. The number of pyridine rings is 1. The van der Waals surface area contributed by atoms with Crippen molar-refractivity contribution in [3.8, 4) is 0 Å². The van der Waals surface area contributed by atoms with Crippen LogP contribution in [0, 0.1) is 13.8 Å². The summed E-state index contributed by atoms with van der Waals surface area (Å²) in [5, 5.41) is -0.0726. The number of rotatable bonds is 5. The van der Waals surface area contributed by atoms with Crippen molar-refractivity contribution in [3.63, 3.8) is 0 Å². The number of carbonyl (C=O) groups is 2. The highest BCUT2D eigenvalue weighted by atomic mass is 35.5. The van der Waals surface area contributed by atoms with Gasteiger partial charge in [-0.05, 0) is 26.0 Å². The number of Topliss-reactive ketones (excluding diaryl/α,β-unsaturated/α-hetero) is 1. The lowest BCUT2D eigenvalue weighted by atomic mass is 10.1. The predicted octanol–water partition coefficient (Wildman–Crippen LogP) is 4.74. The molecule has 0 bridgehead atoms. The van der Waals surface area contributed by atoms with Gasteiger partial charge in [0.2, 0.25) is 5.91 Å². The summed E-state index contributed by atoms with van der Waals surface area (Å²) in [7, 11) is 0. The minimum atomic E-state index is -4.50. The maximum absolute atomic E-state index is 12.8. The van der Waals surface area contributed by atoms with Crippen molar-refractivity contribution in [2.75, 3.05) is 31.1 Å². The summed E-state index contributed by atoms with van der Waals surface area (Å²) in [6.45, 7) is 5.43. The van der Waals surface area contributed by atoms with Crippen LogP contribution < -0.4 is 4.90 Å². The van der Waals surface area contributed by atoms with Gasteiger partial charge < -0.3 is 9.80 Å². The molecular formula is C20H21ClF3N3O2S. The molecule has 3 heterocycles. The van der Waals surface area contributed by atoms with Crippen LogP contribution in [0.1, 0.15) is 38.5 Å². The number of carbonyl (C=O) groups excluding carboxylic acids is 2. The molecule has 10 heteroatoms. The lowest BCUT2D eigenvalue weighted by molar-refractivity contribution is -0.137. The number of hydrogen-bond acceptors (Lipinski definition) is 5. The van der Waals surface area contributed by atoms with Crippen molar-refractivity contribution in [2.45, 2.75) is 32.9 Å². The van der Waals surface area contributed by atoms with E-state index in [1.54, 1.807) is 21.1 Å². The second-order valence-electron chi connectivity index (χ2n) is 7.15. The van der Waals surface area contributed by atoms with Crippen LogP contribution in [0.4, 0.5) is 19.0 Å². The molecule has 0 unspecified atom stereocenters. The lowest BCUT2D eigenvalue weighted by Gasteiger charge is -2.35. The summed E-state index contributed by atoms with van der Waals surface area (Å²) in [5.41, 5.74) is -0.219. The maximum atomic E-state index is 12.8. The Morgan fingerprint density at radius 1 is 1.13 bits per heavy atom. The molecule has 0 N–H and O–H groups in total. The molecule has 0 aliphatic carbocycles. The molecule has 2 aromatic rings. The van der Waals surface area contributed by atoms with E-state index in [9.17, 15) is 22.8 Å². The van der Waals surface area contributed by atoms with Gasteiger partial charge in [-0.25, -0.2) is 4.98 Å². The van der Waals surface area contributed by atoms with Gasteiger partial charge in [0, 0.05) is 60.5 Å². The van der Waals surface area contributed by atoms with E-state index < -0.39 is 11.7 Å². The molecule has 30 heavy (non-hydrogen) atoms. The molecule has 3 rings (SSSR count). The normalized spacial score (nSPS) is 14.9. The van der Waals surface area contributed by atoms with Crippen molar-refractivity contribution >= 4 is 40.4 Å². The topological polar surface area (TPSA) is 53.5 Å². The lowest BCUT2D eigenvalue weighted by Crippen LogP contribution is -2.49. The summed E-state index contributed by atoms with van der Waals surface area (Å²) < 4.78 is 38.3. The van der Waals surface area contributed by atoms with E-state index in [1.807, 2.05) is 19.9 Å². The number of nitrogens with zero attached hydrogens (tertiary/aromatic N) is 3.